The molecule has 29 heavy (non-hydrogen) atoms. The minimum absolute atomic E-state index is 0.159. The number of carbonyl (C=O) groups is 1. The Labute approximate surface area is 177 Å². The highest BCUT2D eigenvalue weighted by Gasteiger charge is 2.29. The quantitative estimate of drug-likeness (QED) is 0.499. The maximum atomic E-state index is 12.6. The van der Waals surface area contributed by atoms with E-state index < -0.39 is 5.56 Å². The normalized spacial score (nSPS) is 15.4. The van der Waals surface area contributed by atoms with Gasteiger partial charge in [0.15, 0.2) is 5.82 Å². The van der Waals surface area contributed by atoms with Gasteiger partial charge in [-0.2, -0.15) is 4.98 Å². The van der Waals surface area contributed by atoms with Crippen molar-refractivity contribution in [2.24, 2.45) is 0 Å². The van der Waals surface area contributed by atoms with Crippen LogP contribution in [0.5, 0.6) is 5.75 Å². The number of nitrogens with two attached hydrogens (primary N) is 1. The molecule has 1 saturated heterocycles. The number of para-hydroxylation sites is 1. The Bertz CT molecular complexity index is 1030. The first-order valence-electron chi connectivity index (χ1n) is 9.00. The second kappa shape index (κ2) is 8.26. The molecular formula is C19H18Cl2N6O2. The minimum Gasteiger partial charge on any atom is -0.465 e. The molecule has 4 rings (SSSR count). The topological polar surface area (TPSA) is 97.5 Å². The van der Waals surface area contributed by atoms with E-state index in [1.807, 2.05) is 23.1 Å². The number of anilines is 2. The molecule has 10 heteroatoms. The lowest BCUT2D eigenvalue weighted by Crippen LogP contribution is -2.51. The van der Waals surface area contributed by atoms with Crippen molar-refractivity contribution in [2.75, 3.05) is 36.8 Å². The molecule has 8 nitrogen and oxygen atoms in total. The number of nitrogen functional groups attached to an aromatic ring is 1. The van der Waals surface area contributed by atoms with Crippen LogP contribution < -0.4 is 15.4 Å². The van der Waals surface area contributed by atoms with E-state index in [1.54, 1.807) is 29.2 Å². The van der Waals surface area contributed by atoms with E-state index >= 15 is 0 Å². The van der Waals surface area contributed by atoms with Gasteiger partial charge >= 0.3 is 0 Å². The van der Waals surface area contributed by atoms with Crippen molar-refractivity contribution < 1.29 is 9.53 Å². The number of nitrogens with zero attached hydrogens (tertiary/aromatic N) is 5. The fraction of sp³-hybridized carbons (Fsp3) is 0.263. The maximum absolute atomic E-state index is 12.6. The number of fused-ring (bicyclic) bond motifs is 1. The van der Waals surface area contributed by atoms with Crippen LogP contribution in [0.2, 0.25) is 5.15 Å². The van der Waals surface area contributed by atoms with E-state index in [2.05, 4.69) is 15.0 Å². The minimum atomic E-state index is -1.08. The zero-order valence-corrected chi connectivity index (χ0v) is 16.8. The molecule has 1 fully saturated rings. The Morgan fingerprint density at radius 3 is 2.48 bits per heavy atom. The van der Waals surface area contributed by atoms with Crippen LogP contribution in [0.15, 0.2) is 42.5 Å². The van der Waals surface area contributed by atoms with Crippen molar-refractivity contribution in [3.8, 4) is 5.75 Å². The van der Waals surface area contributed by atoms with Crippen LogP contribution in [0.25, 0.3) is 11.0 Å². The third-order valence-electron chi connectivity index (χ3n) is 4.58. The van der Waals surface area contributed by atoms with E-state index in [1.165, 1.54) is 0 Å². The third kappa shape index (κ3) is 4.28. The highest BCUT2D eigenvalue weighted by molar-refractivity contribution is 6.30. The Balaban J connectivity index is 1.45. The molecule has 3 heterocycles. The molecular weight excluding hydrogens is 415 g/mol. The smallest absolute Gasteiger partial charge is 0.279 e. The summed E-state index contributed by atoms with van der Waals surface area (Å²) in [6, 6.07) is 12.4. The summed E-state index contributed by atoms with van der Waals surface area (Å²) in [7, 11) is 0. The number of pyridine rings is 1. The lowest BCUT2D eigenvalue weighted by molar-refractivity contribution is -0.135. The van der Waals surface area contributed by atoms with Gasteiger partial charge in [0.05, 0.1) is 5.52 Å². The number of piperazine rings is 1. The molecule has 1 aliphatic heterocycles. The molecule has 1 aliphatic rings. The average molecular weight is 433 g/mol. The van der Waals surface area contributed by atoms with Crippen LogP contribution in [0.3, 0.4) is 0 Å². The molecule has 0 bridgehead atoms. The molecule has 0 spiro atoms. The zero-order valence-electron chi connectivity index (χ0n) is 15.3. The van der Waals surface area contributed by atoms with Crippen LogP contribution >= 0.6 is 23.2 Å². The summed E-state index contributed by atoms with van der Waals surface area (Å²) < 4.78 is 5.53. The molecule has 2 N–H and O–H groups in total. The van der Waals surface area contributed by atoms with Crippen LogP contribution in [0.4, 0.5) is 11.8 Å². The number of hydrogen-bond donors (Lipinski definition) is 1. The first-order valence-corrected chi connectivity index (χ1v) is 9.82. The van der Waals surface area contributed by atoms with Crippen molar-refractivity contribution in [1.29, 1.82) is 0 Å². The van der Waals surface area contributed by atoms with E-state index in [9.17, 15) is 4.79 Å². The number of rotatable bonds is 4. The Kier molecular flexibility index (Phi) is 5.55. The van der Waals surface area contributed by atoms with Gasteiger partial charge in [-0.05, 0) is 24.3 Å². The summed E-state index contributed by atoms with van der Waals surface area (Å²) in [6.45, 7) is 2.01. The predicted octanol–water partition coefficient (Wildman–Crippen LogP) is 2.55. The Morgan fingerprint density at radius 1 is 1.03 bits per heavy atom. The van der Waals surface area contributed by atoms with Crippen molar-refractivity contribution in [3.05, 3.63) is 47.6 Å². The van der Waals surface area contributed by atoms with Gasteiger partial charge < -0.3 is 20.3 Å². The van der Waals surface area contributed by atoms with Gasteiger partial charge in [0, 0.05) is 26.2 Å². The number of amides is 1. The molecule has 150 valence electrons. The summed E-state index contributed by atoms with van der Waals surface area (Å²) >= 11 is 12.2. The lowest BCUT2D eigenvalue weighted by Gasteiger charge is -2.36. The first kappa shape index (κ1) is 19.5. The summed E-state index contributed by atoms with van der Waals surface area (Å²) in [5, 5.41) is 0.351. The average Bonchev–Trinajstić information content (AvgIpc) is 2.74. The van der Waals surface area contributed by atoms with Gasteiger partial charge in [-0.25, -0.2) is 9.97 Å². The molecule has 0 radical (unpaired) electrons. The van der Waals surface area contributed by atoms with Crippen LogP contribution in [0, 0.1) is 0 Å². The molecule has 1 aromatic carbocycles. The van der Waals surface area contributed by atoms with E-state index in [0.717, 1.165) is 0 Å². The second-order valence-corrected chi connectivity index (χ2v) is 7.25. The number of alkyl halides is 1. The van der Waals surface area contributed by atoms with Gasteiger partial charge in [-0.15, -0.1) is 0 Å². The van der Waals surface area contributed by atoms with E-state index in [4.69, 9.17) is 33.7 Å². The van der Waals surface area contributed by atoms with Crippen molar-refractivity contribution in [3.63, 3.8) is 0 Å². The SMILES string of the molecule is Nc1nc(N2CCN(C(=O)C(Cl)Oc3ccccc3)CC2)c2nc(Cl)ccc2n1. The number of carbonyl (C=O) groups excluding carboxylic acids is 1. The molecule has 1 amide bonds. The summed E-state index contributed by atoms with van der Waals surface area (Å²) in [5.41, 5.74) is 5.96. The van der Waals surface area contributed by atoms with Gasteiger partial charge in [-0.3, -0.25) is 4.79 Å². The van der Waals surface area contributed by atoms with Crippen LogP contribution in [-0.2, 0) is 4.79 Å². The number of aromatic nitrogens is 3. The van der Waals surface area contributed by atoms with E-state index in [-0.39, 0.29) is 11.9 Å². The summed E-state index contributed by atoms with van der Waals surface area (Å²) in [5.74, 6) is 1.03. The molecule has 3 aromatic rings. The monoisotopic (exact) mass is 432 g/mol. The largest absolute Gasteiger partial charge is 0.465 e. The molecule has 1 atom stereocenters. The summed E-state index contributed by atoms with van der Waals surface area (Å²) in [4.78, 5) is 29.2. The Hall–Kier alpha value is -2.84. The zero-order chi connectivity index (χ0) is 20.4. The van der Waals surface area contributed by atoms with E-state index in [0.29, 0.717) is 53.9 Å². The van der Waals surface area contributed by atoms with Gasteiger partial charge in [0.25, 0.3) is 5.91 Å². The van der Waals surface area contributed by atoms with Gasteiger partial charge in [0.2, 0.25) is 11.5 Å². The second-order valence-electron chi connectivity index (χ2n) is 6.47. The fourth-order valence-corrected chi connectivity index (χ4v) is 3.55. The fourth-order valence-electron chi connectivity index (χ4n) is 3.16. The highest BCUT2D eigenvalue weighted by atomic mass is 35.5. The highest BCUT2D eigenvalue weighted by Crippen LogP contribution is 2.26. The van der Waals surface area contributed by atoms with Crippen molar-refractivity contribution in [1.82, 2.24) is 19.9 Å². The van der Waals surface area contributed by atoms with Crippen molar-refractivity contribution in [2.45, 2.75) is 5.56 Å². The van der Waals surface area contributed by atoms with Gasteiger partial charge in [0.1, 0.15) is 16.4 Å². The maximum Gasteiger partial charge on any atom is 0.279 e. The number of hydrogen-bond acceptors (Lipinski definition) is 7. The first-order chi connectivity index (χ1) is 14.0. The number of benzene rings is 1. The predicted molar refractivity (Wildman–Crippen MR) is 112 cm³/mol. The van der Waals surface area contributed by atoms with Crippen LogP contribution in [-0.4, -0.2) is 57.5 Å². The number of ether oxygens (including phenoxy) is 1. The Morgan fingerprint density at radius 2 is 1.76 bits per heavy atom. The van der Waals surface area contributed by atoms with Crippen molar-refractivity contribution >= 4 is 51.9 Å². The van der Waals surface area contributed by atoms with Crippen LogP contribution in [0.1, 0.15) is 0 Å². The third-order valence-corrected chi connectivity index (χ3v) is 5.06. The van der Waals surface area contributed by atoms with Gasteiger partial charge in [-0.1, -0.05) is 41.4 Å². The number of halogens is 2. The lowest BCUT2D eigenvalue weighted by atomic mass is 10.2. The molecule has 0 saturated carbocycles. The standard InChI is InChI=1S/C19H18Cl2N6O2/c20-14-7-6-13-15(24-14)17(25-19(22)23-13)26-8-10-27(11-9-26)18(28)16(21)29-12-4-2-1-3-5-12/h1-7,16H,8-11H2,(H2,22,23,25). The summed E-state index contributed by atoms with van der Waals surface area (Å²) in [6.07, 6.45) is 0. The molecule has 0 aliphatic carbocycles. The molecule has 2 aromatic heterocycles. The molecule has 1 unspecified atom stereocenters.